The smallest absolute Gasteiger partial charge is 0.251 e. The van der Waals surface area contributed by atoms with Crippen molar-refractivity contribution >= 4 is 17.7 Å². The predicted octanol–water partition coefficient (Wildman–Crippen LogP) is 0.780. The summed E-state index contributed by atoms with van der Waals surface area (Å²) in [7, 11) is 0. The molecule has 4 N–H and O–H groups in total. The molecule has 0 aliphatic carbocycles. The molecule has 1 aliphatic rings. The molecule has 1 aliphatic heterocycles. The minimum Gasteiger partial charge on any atom is -0.369 e. The summed E-state index contributed by atoms with van der Waals surface area (Å²) in [4.78, 5) is 37.2. The zero-order valence-electron chi connectivity index (χ0n) is 16.4. The number of nitrogens with one attached hydrogen (secondary N) is 2. The zero-order chi connectivity index (χ0) is 20.0. The number of hydrogen-bond donors (Lipinski definition) is 3. The number of nitrogens with zero attached hydrogens (tertiary/aromatic N) is 1. The molecular weight excluding hydrogens is 344 g/mol. The number of benzene rings is 1. The minimum absolute atomic E-state index is 0.0297. The summed E-state index contributed by atoms with van der Waals surface area (Å²) in [5.74, 6) is -0.805. The quantitative estimate of drug-likeness (QED) is 0.684. The topological polar surface area (TPSA) is 105 Å². The van der Waals surface area contributed by atoms with E-state index in [0.29, 0.717) is 5.56 Å². The van der Waals surface area contributed by atoms with Gasteiger partial charge < -0.3 is 16.4 Å². The molecule has 0 saturated carbocycles. The average molecular weight is 374 g/mol. The van der Waals surface area contributed by atoms with Crippen LogP contribution in [0.2, 0.25) is 0 Å². The molecule has 1 aromatic carbocycles. The van der Waals surface area contributed by atoms with Crippen LogP contribution >= 0.6 is 0 Å². The Kier molecular flexibility index (Phi) is 6.96. The van der Waals surface area contributed by atoms with Crippen LogP contribution < -0.4 is 16.4 Å². The monoisotopic (exact) mass is 374 g/mol. The fraction of sp³-hybridized carbons (Fsp3) is 0.550. The first-order valence-corrected chi connectivity index (χ1v) is 9.34. The van der Waals surface area contributed by atoms with Crippen molar-refractivity contribution in [1.82, 2.24) is 15.5 Å². The minimum atomic E-state index is -0.337. The Morgan fingerprint density at radius 1 is 1.11 bits per heavy atom. The van der Waals surface area contributed by atoms with E-state index in [1.54, 1.807) is 12.1 Å². The number of nitrogens with two attached hydrogens (primary N) is 1. The van der Waals surface area contributed by atoms with Gasteiger partial charge in [-0.2, -0.15) is 0 Å². The lowest BCUT2D eigenvalue weighted by Gasteiger charge is -2.31. The highest BCUT2D eigenvalue weighted by atomic mass is 16.2. The van der Waals surface area contributed by atoms with Gasteiger partial charge in [-0.05, 0) is 36.0 Å². The number of likely N-dealkylation sites (tertiary alicyclic amines) is 1. The molecule has 7 nitrogen and oxygen atoms in total. The third-order valence-electron chi connectivity index (χ3n) is 4.75. The molecule has 3 amide bonds. The van der Waals surface area contributed by atoms with E-state index in [1.807, 2.05) is 17.0 Å². The molecule has 2 rings (SSSR count). The zero-order valence-corrected chi connectivity index (χ0v) is 16.4. The van der Waals surface area contributed by atoms with Gasteiger partial charge in [0, 0.05) is 24.7 Å². The van der Waals surface area contributed by atoms with E-state index < -0.39 is 0 Å². The van der Waals surface area contributed by atoms with Crippen LogP contribution in [0.4, 0.5) is 0 Å². The molecule has 27 heavy (non-hydrogen) atoms. The Labute approximate surface area is 160 Å². The fourth-order valence-electron chi connectivity index (χ4n) is 3.12. The second-order valence-corrected chi connectivity index (χ2v) is 8.09. The number of carbonyl (C=O) groups is 3. The van der Waals surface area contributed by atoms with Gasteiger partial charge in [-0.15, -0.1) is 0 Å². The highest BCUT2D eigenvalue weighted by Crippen LogP contribution is 2.22. The number of hydrogen-bond acceptors (Lipinski definition) is 4. The lowest BCUT2D eigenvalue weighted by Crippen LogP contribution is -2.48. The molecule has 0 radical (unpaired) electrons. The van der Waals surface area contributed by atoms with Crippen LogP contribution in [-0.2, 0) is 15.0 Å². The highest BCUT2D eigenvalue weighted by molar-refractivity contribution is 5.96. The van der Waals surface area contributed by atoms with Gasteiger partial charge in [-0.3, -0.25) is 19.3 Å². The highest BCUT2D eigenvalue weighted by Gasteiger charge is 2.21. The summed E-state index contributed by atoms with van der Waals surface area (Å²) < 4.78 is 0. The molecule has 0 atom stereocenters. The van der Waals surface area contributed by atoms with Crippen molar-refractivity contribution < 1.29 is 14.4 Å². The number of primary amides is 1. The van der Waals surface area contributed by atoms with Gasteiger partial charge in [0.2, 0.25) is 11.8 Å². The Morgan fingerprint density at radius 2 is 1.70 bits per heavy atom. The molecule has 0 unspecified atom stereocenters. The Morgan fingerprint density at radius 3 is 2.22 bits per heavy atom. The van der Waals surface area contributed by atoms with Gasteiger partial charge in [-0.1, -0.05) is 32.9 Å². The first-order chi connectivity index (χ1) is 12.6. The maximum Gasteiger partial charge on any atom is 0.251 e. The summed E-state index contributed by atoms with van der Waals surface area (Å²) in [5, 5.41) is 5.59. The number of rotatable bonds is 6. The Hall–Kier alpha value is -2.41. The average Bonchev–Trinajstić information content (AvgIpc) is 2.60. The van der Waals surface area contributed by atoms with Gasteiger partial charge in [0.1, 0.15) is 0 Å². The lowest BCUT2D eigenvalue weighted by atomic mass is 9.87. The third kappa shape index (κ3) is 6.67. The van der Waals surface area contributed by atoms with Crippen LogP contribution in [0.15, 0.2) is 24.3 Å². The van der Waals surface area contributed by atoms with Gasteiger partial charge in [0.05, 0.1) is 13.1 Å². The summed E-state index contributed by atoms with van der Waals surface area (Å²) in [6.07, 6.45) is 1.53. The van der Waals surface area contributed by atoms with Gasteiger partial charge in [-0.25, -0.2) is 0 Å². The SMILES string of the molecule is CC(C)(C)c1ccc(C(=O)NCC(=O)NC2CCN(CC(N)=O)CC2)cc1. The van der Waals surface area contributed by atoms with Crippen molar-refractivity contribution in [1.29, 1.82) is 0 Å². The van der Waals surface area contributed by atoms with E-state index in [2.05, 4.69) is 31.4 Å². The standard InChI is InChI=1S/C20H30N4O3/c1-20(2,3)15-6-4-14(5-7-15)19(27)22-12-18(26)23-16-8-10-24(11-9-16)13-17(21)25/h4-7,16H,8-13H2,1-3H3,(H2,21,25)(H,22,27)(H,23,26). The summed E-state index contributed by atoms with van der Waals surface area (Å²) >= 11 is 0. The van der Waals surface area contributed by atoms with Gasteiger partial charge >= 0.3 is 0 Å². The second-order valence-electron chi connectivity index (χ2n) is 8.09. The van der Waals surface area contributed by atoms with E-state index in [0.717, 1.165) is 31.5 Å². The Balaban J connectivity index is 1.74. The first-order valence-electron chi connectivity index (χ1n) is 9.34. The first kappa shape index (κ1) is 20.9. The number of amides is 3. The maximum absolute atomic E-state index is 12.2. The van der Waals surface area contributed by atoms with E-state index in [1.165, 1.54) is 0 Å². The largest absolute Gasteiger partial charge is 0.369 e. The van der Waals surface area contributed by atoms with Crippen LogP contribution in [0, 0.1) is 0 Å². The van der Waals surface area contributed by atoms with Crippen molar-refractivity contribution in [2.45, 2.75) is 45.1 Å². The maximum atomic E-state index is 12.2. The van der Waals surface area contributed by atoms with Crippen molar-refractivity contribution in [3.05, 3.63) is 35.4 Å². The molecule has 7 heteroatoms. The van der Waals surface area contributed by atoms with Crippen molar-refractivity contribution in [3.8, 4) is 0 Å². The predicted molar refractivity (Wildman–Crippen MR) is 104 cm³/mol. The molecule has 1 saturated heterocycles. The van der Waals surface area contributed by atoms with E-state index in [9.17, 15) is 14.4 Å². The van der Waals surface area contributed by atoms with E-state index in [4.69, 9.17) is 5.73 Å². The molecule has 0 aromatic heterocycles. The van der Waals surface area contributed by atoms with Crippen LogP contribution in [0.25, 0.3) is 0 Å². The normalized spacial score (nSPS) is 16.0. The van der Waals surface area contributed by atoms with Crippen LogP contribution in [0.5, 0.6) is 0 Å². The molecular formula is C20H30N4O3. The van der Waals surface area contributed by atoms with E-state index >= 15 is 0 Å². The fourth-order valence-corrected chi connectivity index (χ4v) is 3.12. The van der Waals surface area contributed by atoms with Crippen molar-refractivity contribution in [2.75, 3.05) is 26.2 Å². The number of carbonyl (C=O) groups excluding carboxylic acids is 3. The van der Waals surface area contributed by atoms with Gasteiger partial charge in [0.15, 0.2) is 0 Å². The lowest BCUT2D eigenvalue weighted by molar-refractivity contribution is -0.122. The molecule has 1 heterocycles. The van der Waals surface area contributed by atoms with Crippen molar-refractivity contribution in [3.63, 3.8) is 0 Å². The Bertz CT molecular complexity index is 671. The van der Waals surface area contributed by atoms with Gasteiger partial charge in [0.25, 0.3) is 5.91 Å². The van der Waals surface area contributed by atoms with Crippen LogP contribution in [0.1, 0.15) is 49.5 Å². The van der Waals surface area contributed by atoms with Crippen LogP contribution in [-0.4, -0.2) is 54.8 Å². The van der Waals surface area contributed by atoms with Crippen molar-refractivity contribution in [2.24, 2.45) is 5.73 Å². The van der Waals surface area contributed by atoms with Crippen LogP contribution in [0.3, 0.4) is 0 Å². The number of piperidine rings is 1. The molecule has 1 aromatic rings. The molecule has 0 bridgehead atoms. The summed E-state index contributed by atoms with van der Waals surface area (Å²) in [5.41, 5.74) is 6.91. The molecule has 148 valence electrons. The summed E-state index contributed by atoms with van der Waals surface area (Å²) in [6.45, 7) is 7.99. The molecule has 0 spiro atoms. The second kappa shape index (κ2) is 8.99. The van der Waals surface area contributed by atoms with E-state index in [-0.39, 0.29) is 42.3 Å². The third-order valence-corrected chi connectivity index (χ3v) is 4.75. The summed E-state index contributed by atoms with van der Waals surface area (Å²) in [6, 6.07) is 7.50. The molecule has 1 fully saturated rings.